The number of ether oxygens (including phenoxy) is 1. The van der Waals surface area contributed by atoms with Gasteiger partial charge < -0.3 is 4.74 Å². The Kier molecular flexibility index (Phi) is 5.76. The fraction of sp³-hybridized carbons (Fsp3) is 0.350. The lowest BCUT2D eigenvalue weighted by atomic mass is 10.0. The highest BCUT2D eigenvalue weighted by atomic mass is 32.2. The van der Waals surface area contributed by atoms with Gasteiger partial charge in [0.2, 0.25) is 5.88 Å². The molecule has 0 bridgehead atoms. The molecule has 23 heavy (non-hydrogen) atoms. The molecule has 1 aliphatic rings. The predicted octanol–water partition coefficient (Wildman–Crippen LogP) is 4.86. The maximum Gasteiger partial charge on any atom is 0.217 e. The second-order valence-electron chi connectivity index (χ2n) is 5.76. The molecule has 2 nitrogen and oxygen atoms in total. The Bertz CT molecular complexity index is 654. The molecular formula is C20H23NOS. The summed E-state index contributed by atoms with van der Waals surface area (Å²) in [7, 11) is 0. The molecular weight excluding hydrogens is 302 g/mol. The molecule has 0 radical (unpaired) electrons. The maximum atomic E-state index is 5.70. The van der Waals surface area contributed by atoms with Crippen molar-refractivity contribution in [1.29, 1.82) is 0 Å². The number of benzene rings is 1. The lowest BCUT2D eigenvalue weighted by Gasteiger charge is -2.12. The molecule has 1 aliphatic carbocycles. The Morgan fingerprint density at radius 3 is 2.83 bits per heavy atom. The number of aryl methyl sites for hydroxylation is 1. The van der Waals surface area contributed by atoms with Crippen molar-refractivity contribution in [2.45, 2.75) is 37.0 Å². The first-order valence-corrected chi connectivity index (χ1v) is 9.28. The van der Waals surface area contributed by atoms with E-state index in [0.29, 0.717) is 6.61 Å². The third-order valence-electron chi connectivity index (χ3n) is 4.14. The predicted molar refractivity (Wildman–Crippen MR) is 97.4 cm³/mol. The summed E-state index contributed by atoms with van der Waals surface area (Å²) >= 11 is 1.93. The Morgan fingerprint density at radius 2 is 2.00 bits per heavy atom. The van der Waals surface area contributed by atoms with Crippen LogP contribution in [0.15, 0.2) is 54.1 Å². The van der Waals surface area contributed by atoms with Crippen LogP contribution in [0.2, 0.25) is 0 Å². The molecule has 1 heterocycles. The van der Waals surface area contributed by atoms with Gasteiger partial charge in [-0.2, -0.15) is 0 Å². The van der Waals surface area contributed by atoms with Crippen molar-refractivity contribution in [3.8, 4) is 5.88 Å². The summed E-state index contributed by atoms with van der Waals surface area (Å²) in [6.45, 7) is 4.24. The third kappa shape index (κ3) is 4.17. The van der Waals surface area contributed by atoms with Gasteiger partial charge in [-0.3, -0.25) is 0 Å². The second-order valence-corrected chi connectivity index (χ2v) is 6.93. The van der Waals surface area contributed by atoms with E-state index in [1.807, 2.05) is 18.0 Å². The molecule has 1 aromatic heterocycles. The number of rotatable bonds is 8. The Hall–Kier alpha value is -1.74. The van der Waals surface area contributed by atoms with Gasteiger partial charge >= 0.3 is 0 Å². The maximum absolute atomic E-state index is 5.70. The van der Waals surface area contributed by atoms with Crippen LogP contribution in [-0.2, 0) is 19.3 Å². The van der Waals surface area contributed by atoms with Crippen LogP contribution in [0.5, 0.6) is 5.88 Å². The van der Waals surface area contributed by atoms with Gasteiger partial charge in [0, 0.05) is 16.7 Å². The highest BCUT2D eigenvalue weighted by Gasteiger charge is 2.20. The number of pyridine rings is 1. The number of nitrogens with zero attached hydrogens (tertiary/aromatic N) is 1. The largest absolute Gasteiger partial charge is 0.473 e. The molecule has 3 rings (SSSR count). The van der Waals surface area contributed by atoms with E-state index in [1.54, 1.807) is 6.08 Å². The highest BCUT2D eigenvalue weighted by molar-refractivity contribution is 7.99. The van der Waals surface area contributed by atoms with E-state index in [2.05, 4.69) is 41.9 Å². The topological polar surface area (TPSA) is 22.1 Å². The summed E-state index contributed by atoms with van der Waals surface area (Å²) in [5, 5.41) is 0. The van der Waals surface area contributed by atoms with Crippen LogP contribution < -0.4 is 4.74 Å². The standard InChI is InChI=1S/C20H23NOS/c1-2-13-22-20-19-12-6-11-18(19)16(15-21-20)8-7-14-23-17-9-4-3-5-10-17/h2-5,9-10,15H,1,6-8,11-14H2. The first kappa shape index (κ1) is 16.1. The van der Waals surface area contributed by atoms with Crippen LogP contribution in [0, 0.1) is 0 Å². The van der Waals surface area contributed by atoms with Crippen molar-refractivity contribution in [2.24, 2.45) is 0 Å². The van der Waals surface area contributed by atoms with E-state index < -0.39 is 0 Å². The van der Waals surface area contributed by atoms with Gasteiger partial charge in [0.15, 0.2) is 0 Å². The van der Waals surface area contributed by atoms with Gasteiger partial charge in [-0.15, -0.1) is 11.8 Å². The van der Waals surface area contributed by atoms with Gasteiger partial charge in [0.1, 0.15) is 6.61 Å². The van der Waals surface area contributed by atoms with E-state index in [4.69, 9.17) is 4.74 Å². The minimum absolute atomic E-state index is 0.534. The summed E-state index contributed by atoms with van der Waals surface area (Å²) < 4.78 is 5.70. The zero-order chi connectivity index (χ0) is 15.9. The van der Waals surface area contributed by atoms with Crippen LogP contribution in [0.4, 0.5) is 0 Å². The van der Waals surface area contributed by atoms with Crippen molar-refractivity contribution in [3.63, 3.8) is 0 Å². The van der Waals surface area contributed by atoms with Gasteiger partial charge in [-0.1, -0.05) is 30.9 Å². The molecule has 0 saturated heterocycles. The van der Waals surface area contributed by atoms with E-state index in [0.717, 1.165) is 24.5 Å². The molecule has 3 heteroatoms. The minimum Gasteiger partial charge on any atom is -0.473 e. The van der Waals surface area contributed by atoms with E-state index in [-0.39, 0.29) is 0 Å². The summed E-state index contributed by atoms with van der Waals surface area (Å²) in [6.07, 6.45) is 9.58. The highest BCUT2D eigenvalue weighted by Crippen LogP contribution is 2.32. The molecule has 0 amide bonds. The molecule has 0 N–H and O–H groups in total. The lowest BCUT2D eigenvalue weighted by molar-refractivity contribution is 0.344. The van der Waals surface area contributed by atoms with Gasteiger partial charge in [-0.25, -0.2) is 4.98 Å². The van der Waals surface area contributed by atoms with Crippen molar-refractivity contribution in [2.75, 3.05) is 12.4 Å². The molecule has 0 fully saturated rings. The van der Waals surface area contributed by atoms with Crippen LogP contribution in [-0.4, -0.2) is 17.3 Å². The lowest BCUT2D eigenvalue weighted by Crippen LogP contribution is -2.03. The van der Waals surface area contributed by atoms with Crippen LogP contribution in [0.25, 0.3) is 0 Å². The van der Waals surface area contributed by atoms with Gasteiger partial charge in [0.05, 0.1) is 0 Å². The van der Waals surface area contributed by atoms with Crippen LogP contribution >= 0.6 is 11.8 Å². The molecule has 0 unspecified atom stereocenters. The number of hydrogen-bond acceptors (Lipinski definition) is 3. The van der Waals surface area contributed by atoms with Crippen molar-refractivity contribution in [1.82, 2.24) is 4.98 Å². The average molecular weight is 325 g/mol. The van der Waals surface area contributed by atoms with E-state index in [1.165, 1.54) is 40.8 Å². The minimum atomic E-state index is 0.534. The SMILES string of the molecule is C=CCOc1ncc(CCCSc2ccccc2)c2c1CCC2. The first-order chi connectivity index (χ1) is 11.4. The summed E-state index contributed by atoms with van der Waals surface area (Å²) in [5.41, 5.74) is 4.24. The van der Waals surface area contributed by atoms with Gasteiger partial charge in [0.25, 0.3) is 0 Å². The van der Waals surface area contributed by atoms with Crippen molar-refractivity contribution < 1.29 is 4.74 Å². The molecule has 0 saturated carbocycles. The fourth-order valence-electron chi connectivity index (χ4n) is 3.07. The van der Waals surface area contributed by atoms with Crippen molar-refractivity contribution in [3.05, 3.63) is 65.9 Å². The van der Waals surface area contributed by atoms with E-state index in [9.17, 15) is 0 Å². The smallest absolute Gasteiger partial charge is 0.217 e. The molecule has 0 atom stereocenters. The molecule has 1 aromatic carbocycles. The Labute approximate surface area is 143 Å². The average Bonchev–Trinajstić information content (AvgIpc) is 3.08. The number of fused-ring (bicyclic) bond motifs is 1. The Morgan fingerprint density at radius 1 is 1.17 bits per heavy atom. The number of aromatic nitrogens is 1. The molecule has 2 aromatic rings. The monoisotopic (exact) mass is 325 g/mol. The second kappa shape index (κ2) is 8.21. The van der Waals surface area contributed by atoms with Gasteiger partial charge in [-0.05, 0) is 61.1 Å². The van der Waals surface area contributed by atoms with E-state index >= 15 is 0 Å². The molecule has 0 spiro atoms. The zero-order valence-corrected chi connectivity index (χ0v) is 14.3. The summed E-state index contributed by atoms with van der Waals surface area (Å²) in [6, 6.07) is 10.6. The third-order valence-corrected chi connectivity index (χ3v) is 5.24. The zero-order valence-electron chi connectivity index (χ0n) is 13.5. The number of hydrogen-bond donors (Lipinski definition) is 0. The first-order valence-electron chi connectivity index (χ1n) is 8.29. The van der Waals surface area contributed by atoms with Crippen LogP contribution in [0.1, 0.15) is 29.5 Å². The summed E-state index contributed by atoms with van der Waals surface area (Å²) in [5.74, 6) is 1.97. The van der Waals surface area contributed by atoms with Crippen LogP contribution in [0.3, 0.4) is 0 Å². The normalized spacial score (nSPS) is 12.9. The molecule has 120 valence electrons. The fourth-order valence-corrected chi connectivity index (χ4v) is 3.95. The van der Waals surface area contributed by atoms with Crippen molar-refractivity contribution >= 4 is 11.8 Å². The molecule has 0 aliphatic heterocycles. The summed E-state index contributed by atoms with van der Waals surface area (Å²) in [4.78, 5) is 5.90. The number of thioether (sulfide) groups is 1. The Balaban J connectivity index is 1.58. The quantitative estimate of drug-likeness (QED) is 0.393.